The molecule has 0 radical (unpaired) electrons. The number of nitrogens with zero attached hydrogens (tertiary/aromatic N) is 1. The second-order valence-corrected chi connectivity index (χ2v) is 4.72. The number of benzene rings is 1. The van der Waals surface area contributed by atoms with Crippen LogP contribution in [0.15, 0.2) is 24.3 Å². The van der Waals surface area contributed by atoms with Crippen molar-refractivity contribution in [3.05, 3.63) is 35.4 Å². The van der Waals surface area contributed by atoms with Gasteiger partial charge in [-0.25, -0.2) is 0 Å². The van der Waals surface area contributed by atoms with Gasteiger partial charge in [0.15, 0.2) is 0 Å². The van der Waals surface area contributed by atoms with Crippen molar-refractivity contribution in [1.29, 1.82) is 0 Å². The zero-order valence-electron chi connectivity index (χ0n) is 12.9. The summed E-state index contributed by atoms with van der Waals surface area (Å²) in [7, 11) is 2.78. The summed E-state index contributed by atoms with van der Waals surface area (Å²) < 4.78 is 9.38. The van der Waals surface area contributed by atoms with Gasteiger partial charge >= 0.3 is 11.9 Å². The molecule has 0 saturated heterocycles. The van der Waals surface area contributed by atoms with Gasteiger partial charge in [-0.15, -0.1) is 0 Å². The van der Waals surface area contributed by atoms with Crippen LogP contribution in [0, 0.1) is 0 Å². The number of esters is 2. The average Bonchev–Trinajstić information content (AvgIpc) is 2.52. The molecule has 5 nitrogen and oxygen atoms in total. The molecule has 0 aliphatic heterocycles. The van der Waals surface area contributed by atoms with E-state index in [0.717, 1.165) is 17.7 Å². The quantitative estimate of drug-likeness (QED) is 0.684. The zero-order chi connectivity index (χ0) is 15.7. The van der Waals surface area contributed by atoms with Crippen molar-refractivity contribution >= 4 is 11.9 Å². The highest BCUT2D eigenvalue weighted by Gasteiger charge is 2.12. The summed E-state index contributed by atoms with van der Waals surface area (Å²) in [6.07, 6.45) is 0.630. The molecule has 0 heterocycles. The van der Waals surface area contributed by atoms with Crippen LogP contribution >= 0.6 is 0 Å². The van der Waals surface area contributed by atoms with E-state index in [1.807, 2.05) is 31.2 Å². The van der Waals surface area contributed by atoms with Gasteiger partial charge in [0.1, 0.15) is 0 Å². The minimum absolute atomic E-state index is 0.212. The van der Waals surface area contributed by atoms with Crippen LogP contribution in [0.2, 0.25) is 0 Å². The van der Waals surface area contributed by atoms with Gasteiger partial charge in [0, 0.05) is 13.1 Å². The van der Waals surface area contributed by atoms with E-state index in [1.54, 1.807) is 0 Å². The van der Waals surface area contributed by atoms with E-state index < -0.39 is 0 Å². The lowest BCUT2D eigenvalue weighted by molar-refractivity contribution is -0.141. The molecule has 0 aliphatic rings. The monoisotopic (exact) mass is 293 g/mol. The van der Waals surface area contributed by atoms with Gasteiger partial charge in [0.2, 0.25) is 0 Å². The van der Waals surface area contributed by atoms with Crippen molar-refractivity contribution in [3.8, 4) is 0 Å². The second-order valence-electron chi connectivity index (χ2n) is 4.72. The van der Waals surface area contributed by atoms with Crippen LogP contribution in [0.5, 0.6) is 0 Å². The Morgan fingerprint density at radius 3 is 2.24 bits per heavy atom. The predicted molar refractivity (Wildman–Crippen MR) is 79.7 cm³/mol. The Balaban J connectivity index is 2.70. The van der Waals surface area contributed by atoms with Crippen molar-refractivity contribution in [2.45, 2.75) is 26.3 Å². The van der Waals surface area contributed by atoms with Crippen LogP contribution in [0.4, 0.5) is 0 Å². The third-order valence-electron chi connectivity index (χ3n) is 3.38. The summed E-state index contributed by atoms with van der Waals surface area (Å²) in [5.74, 6) is -0.462. The fourth-order valence-electron chi connectivity index (χ4n) is 2.05. The first-order valence-electron chi connectivity index (χ1n) is 7.03. The topological polar surface area (TPSA) is 55.8 Å². The summed E-state index contributed by atoms with van der Waals surface area (Å²) >= 11 is 0. The van der Waals surface area contributed by atoms with Crippen LogP contribution in [0.25, 0.3) is 0 Å². The van der Waals surface area contributed by atoms with E-state index in [2.05, 4.69) is 9.64 Å². The third-order valence-corrected chi connectivity index (χ3v) is 3.38. The van der Waals surface area contributed by atoms with E-state index in [9.17, 15) is 9.59 Å². The van der Waals surface area contributed by atoms with Crippen molar-refractivity contribution in [2.75, 3.05) is 27.3 Å². The highest BCUT2D eigenvalue weighted by Crippen LogP contribution is 2.13. The third kappa shape index (κ3) is 5.95. The number of hydrogen-bond acceptors (Lipinski definition) is 5. The summed E-state index contributed by atoms with van der Waals surface area (Å²) in [5.41, 5.74) is 2.04. The van der Waals surface area contributed by atoms with E-state index in [0.29, 0.717) is 19.5 Å². The van der Waals surface area contributed by atoms with E-state index >= 15 is 0 Å². The van der Waals surface area contributed by atoms with Gasteiger partial charge in [-0.05, 0) is 17.7 Å². The predicted octanol–water partition coefficient (Wildman–Crippen LogP) is 1.79. The highest BCUT2D eigenvalue weighted by atomic mass is 16.5. The molecule has 0 saturated carbocycles. The van der Waals surface area contributed by atoms with Crippen molar-refractivity contribution < 1.29 is 19.1 Å². The second kappa shape index (κ2) is 9.13. The number of carbonyl (C=O) groups excluding carboxylic acids is 2. The molecule has 116 valence electrons. The molecule has 21 heavy (non-hydrogen) atoms. The van der Waals surface area contributed by atoms with Crippen molar-refractivity contribution in [3.63, 3.8) is 0 Å². The van der Waals surface area contributed by atoms with E-state index in [4.69, 9.17) is 4.74 Å². The molecule has 1 aromatic carbocycles. The molecule has 0 atom stereocenters. The summed E-state index contributed by atoms with van der Waals surface area (Å²) in [6, 6.07) is 7.79. The average molecular weight is 293 g/mol. The Hall–Kier alpha value is -1.88. The normalized spacial score (nSPS) is 10.5. The van der Waals surface area contributed by atoms with Gasteiger partial charge in [-0.2, -0.15) is 0 Å². The maximum atomic E-state index is 11.4. The van der Waals surface area contributed by atoms with Gasteiger partial charge < -0.3 is 9.47 Å². The van der Waals surface area contributed by atoms with Gasteiger partial charge in [-0.3, -0.25) is 14.5 Å². The van der Waals surface area contributed by atoms with Crippen molar-refractivity contribution in [2.24, 2.45) is 0 Å². The lowest BCUT2D eigenvalue weighted by Gasteiger charge is -2.21. The minimum Gasteiger partial charge on any atom is -0.469 e. The Morgan fingerprint density at radius 2 is 1.67 bits per heavy atom. The Labute approximate surface area is 125 Å². The summed E-state index contributed by atoms with van der Waals surface area (Å²) in [6.45, 7) is 4.19. The molecule has 0 aliphatic carbocycles. The van der Waals surface area contributed by atoms with Crippen molar-refractivity contribution in [1.82, 2.24) is 4.90 Å². The van der Waals surface area contributed by atoms with Crippen LogP contribution < -0.4 is 0 Å². The zero-order valence-corrected chi connectivity index (χ0v) is 12.9. The fraction of sp³-hybridized carbons (Fsp3) is 0.500. The summed E-state index contributed by atoms with van der Waals surface area (Å²) in [4.78, 5) is 24.8. The maximum Gasteiger partial charge on any atom is 0.309 e. The SMILES string of the molecule is CCN(CCC(=O)OC)Cc1ccccc1CC(=O)OC. The molecule has 0 aromatic heterocycles. The molecular formula is C16H23NO4. The molecule has 0 amide bonds. The largest absolute Gasteiger partial charge is 0.469 e. The van der Waals surface area contributed by atoms with Crippen LogP contribution in [0.3, 0.4) is 0 Å². The first-order chi connectivity index (χ1) is 10.1. The lowest BCUT2D eigenvalue weighted by atomic mass is 10.0. The Kier molecular flexibility index (Phi) is 7.46. The highest BCUT2D eigenvalue weighted by molar-refractivity contribution is 5.72. The number of methoxy groups -OCH3 is 2. The molecule has 1 rings (SSSR count). The first-order valence-corrected chi connectivity index (χ1v) is 7.03. The Bertz CT molecular complexity index is 473. The van der Waals surface area contributed by atoms with E-state index in [-0.39, 0.29) is 18.4 Å². The minimum atomic E-state index is -0.250. The van der Waals surface area contributed by atoms with Crippen LogP contribution in [-0.4, -0.2) is 44.1 Å². The van der Waals surface area contributed by atoms with Gasteiger partial charge in [0.05, 0.1) is 27.1 Å². The molecule has 5 heteroatoms. The standard InChI is InChI=1S/C16H23NO4/c1-4-17(10-9-15(18)20-2)12-14-8-6-5-7-13(14)11-16(19)21-3/h5-8H,4,9-12H2,1-3H3. The van der Waals surface area contributed by atoms with Crippen LogP contribution in [-0.2, 0) is 32.0 Å². The molecule has 0 spiro atoms. The van der Waals surface area contributed by atoms with Crippen LogP contribution in [0.1, 0.15) is 24.5 Å². The number of hydrogen-bond donors (Lipinski definition) is 0. The summed E-state index contributed by atoms with van der Waals surface area (Å²) in [5, 5.41) is 0. The Morgan fingerprint density at radius 1 is 1.05 bits per heavy atom. The number of rotatable bonds is 8. The van der Waals surface area contributed by atoms with Gasteiger partial charge in [0.25, 0.3) is 0 Å². The van der Waals surface area contributed by atoms with Gasteiger partial charge in [-0.1, -0.05) is 31.2 Å². The molecule has 0 unspecified atom stereocenters. The first kappa shape index (κ1) is 17.2. The fourth-order valence-corrected chi connectivity index (χ4v) is 2.05. The molecule has 0 N–H and O–H groups in total. The number of ether oxygens (including phenoxy) is 2. The maximum absolute atomic E-state index is 11.4. The molecule has 0 fully saturated rings. The van der Waals surface area contributed by atoms with E-state index in [1.165, 1.54) is 14.2 Å². The molecule has 1 aromatic rings. The smallest absolute Gasteiger partial charge is 0.309 e. The lowest BCUT2D eigenvalue weighted by Crippen LogP contribution is -2.26. The molecular weight excluding hydrogens is 270 g/mol. The number of carbonyl (C=O) groups is 2. The molecule has 0 bridgehead atoms.